The molecular formula is C28H28ClN3O4. The van der Waals surface area contributed by atoms with Crippen molar-refractivity contribution >= 4 is 29.4 Å². The van der Waals surface area contributed by atoms with E-state index in [0.717, 1.165) is 49.9 Å². The highest BCUT2D eigenvalue weighted by Crippen LogP contribution is 2.40. The van der Waals surface area contributed by atoms with Crippen LogP contribution >= 0.6 is 11.6 Å². The lowest BCUT2D eigenvalue weighted by Crippen LogP contribution is -2.42. The Morgan fingerprint density at radius 2 is 1.81 bits per heavy atom. The summed E-state index contributed by atoms with van der Waals surface area (Å²) in [5.41, 5.74) is 3.72. The molecule has 0 radical (unpaired) electrons. The molecule has 1 aliphatic heterocycles. The molecule has 1 saturated heterocycles. The molecule has 0 spiro atoms. The number of hydrogen-bond acceptors (Lipinski definition) is 5. The first-order valence-electron chi connectivity index (χ1n) is 12.2. The number of nitrogens with zero attached hydrogens (tertiary/aromatic N) is 3. The Hall–Kier alpha value is -3.58. The number of amides is 1. The van der Waals surface area contributed by atoms with Crippen LogP contribution in [0.1, 0.15) is 46.8 Å². The molecule has 0 unspecified atom stereocenters. The highest BCUT2D eigenvalue weighted by molar-refractivity contribution is 6.33. The van der Waals surface area contributed by atoms with E-state index in [9.17, 15) is 9.59 Å². The number of carbonyl (C=O) groups is 2. The van der Waals surface area contributed by atoms with Crippen molar-refractivity contribution in [1.82, 2.24) is 9.88 Å². The average Bonchev–Trinajstić information content (AvgIpc) is 3.31. The Morgan fingerprint density at radius 3 is 2.53 bits per heavy atom. The second-order valence-electron chi connectivity index (χ2n) is 9.36. The van der Waals surface area contributed by atoms with Gasteiger partial charge in [-0.3, -0.25) is 9.78 Å². The van der Waals surface area contributed by atoms with Crippen LogP contribution in [0.2, 0.25) is 5.02 Å². The fraction of sp³-hybridized carbons (Fsp3) is 0.321. The normalized spacial score (nSPS) is 17.5. The zero-order valence-electron chi connectivity index (χ0n) is 19.8. The standard InChI is InChI=1S/C28H28ClN3O4/c29-25-4-2-1-3-23(25)27(33)32(18-19-11-15-31(16-12-19)21-9-13-30-14-10-21)26-8-6-20-5-7-22(17-24(20)26)36-28(34)35/h1-5,7,9-10,13-14,17,19,26H,6,8,11-12,15-16,18H2,(H,34,35)/t26-/m1/s1. The molecule has 186 valence electrons. The Balaban J connectivity index is 1.40. The lowest BCUT2D eigenvalue weighted by atomic mass is 9.94. The van der Waals surface area contributed by atoms with Gasteiger partial charge >= 0.3 is 6.16 Å². The van der Waals surface area contributed by atoms with Gasteiger partial charge in [-0.2, -0.15) is 0 Å². The third-order valence-electron chi connectivity index (χ3n) is 7.21. The first-order chi connectivity index (χ1) is 17.5. The maximum Gasteiger partial charge on any atom is 0.511 e. The molecule has 5 rings (SSSR count). The van der Waals surface area contributed by atoms with Crippen molar-refractivity contribution in [2.75, 3.05) is 24.5 Å². The van der Waals surface area contributed by atoms with E-state index in [0.29, 0.717) is 23.0 Å². The summed E-state index contributed by atoms with van der Waals surface area (Å²) in [6, 6.07) is 16.4. The number of aromatic nitrogens is 1. The first kappa shape index (κ1) is 24.1. The van der Waals surface area contributed by atoms with Crippen molar-refractivity contribution in [3.05, 3.63) is 88.7 Å². The Kier molecular flexibility index (Phi) is 7.09. The molecule has 0 saturated carbocycles. The molecule has 8 heteroatoms. The highest BCUT2D eigenvalue weighted by Gasteiger charge is 2.35. The fourth-order valence-electron chi connectivity index (χ4n) is 5.39. The number of aryl methyl sites for hydroxylation is 1. The molecule has 1 fully saturated rings. The van der Waals surface area contributed by atoms with Crippen molar-refractivity contribution < 1.29 is 19.4 Å². The van der Waals surface area contributed by atoms with E-state index in [-0.39, 0.29) is 17.7 Å². The minimum Gasteiger partial charge on any atom is -0.449 e. The van der Waals surface area contributed by atoms with Gasteiger partial charge in [-0.05, 0) is 79.1 Å². The van der Waals surface area contributed by atoms with Crippen LogP contribution in [0.3, 0.4) is 0 Å². The molecule has 1 aliphatic carbocycles. The van der Waals surface area contributed by atoms with Gasteiger partial charge in [0, 0.05) is 37.7 Å². The molecule has 0 bridgehead atoms. The van der Waals surface area contributed by atoms with Gasteiger partial charge < -0.3 is 19.6 Å². The van der Waals surface area contributed by atoms with Crippen LogP contribution in [0.4, 0.5) is 10.5 Å². The van der Waals surface area contributed by atoms with Crippen LogP contribution in [0, 0.1) is 5.92 Å². The fourth-order valence-corrected chi connectivity index (χ4v) is 5.61. The van der Waals surface area contributed by atoms with Gasteiger partial charge in [-0.1, -0.05) is 29.8 Å². The van der Waals surface area contributed by atoms with Gasteiger partial charge in [-0.25, -0.2) is 4.79 Å². The lowest BCUT2D eigenvalue weighted by molar-refractivity contribution is 0.0625. The smallest absolute Gasteiger partial charge is 0.449 e. The molecule has 1 N–H and O–H groups in total. The van der Waals surface area contributed by atoms with Gasteiger partial charge in [-0.15, -0.1) is 0 Å². The van der Waals surface area contributed by atoms with Crippen LogP contribution in [0.25, 0.3) is 0 Å². The van der Waals surface area contributed by atoms with E-state index in [4.69, 9.17) is 21.4 Å². The maximum absolute atomic E-state index is 13.9. The summed E-state index contributed by atoms with van der Waals surface area (Å²) in [4.78, 5) is 33.4. The molecule has 1 amide bonds. The number of carboxylic acid groups (broad SMARTS) is 1. The van der Waals surface area contributed by atoms with Gasteiger partial charge in [0.1, 0.15) is 5.75 Å². The molecule has 36 heavy (non-hydrogen) atoms. The third kappa shape index (κ3) is 5.16. The number of pyridine rings is 1. The van der Waals surface area contributed by atoms with Crippen molar-refractivity contribution in [1.29, 1.82) is 0 Å². The predicted molar refractivity (Wildman–Crippen MR) is 138 cm³/mol. The van der Waals surface area contributed by atoms with E-state index < -0.39 is 6.16 Å². The topological polar surface area (TPSA) is 83.0 Å². The summed E-state index contributed by atoms with van der Waals surface area (Å²) in [6.07, 6.45) is 5.80. The number of rotatable bonds is 6. The SMILES string of the molecule is O=C(O)Oc1ccc2c(c1)[C@H](N(CC1CCN(c3ccncc3)CC1)C(=O)c1ccccc1Cl)CC2. The first-order valence-corrected chi connectivity index (χ1v) is 12.6. The number of piperidine rings is 1. The summed E-state index contributed by atoms with van der Waals surface area (Å²) in [7, 11) is 0. The Morgan fingerprint density at radius 1 is 1.06 bits per heavy atom. The molecule has 2 aliphatic rings. The average molecular weight is 506 g/mol. The van der Waals surface area contributed by atoms with Gasteiger partial charge in [0.05, 0.1) is 16.6 Å². The van der Waals surface area contributed by atoms with E-state index in [1.807, 2.05) is 47.6 Å². The van der Waals surface area contributed by atoms with E-state index >= 15 is 0 Å². The van der Waals surface area contributed by atoms with Gasteiger partial charge in [0.15, 0.2) is 0 Å². The zero-order valence-corrected chi connectivity index (χ0v) is 20.6. The van der Waals surface area contributed by atoms with E-state index in [1.54, 1.807) is 24.3 Å². The monoisotopic (exact) mass is 505 g/mol. The predicted octanol–water partition coefficient (Wildman–Crippen LogP) is 5.84. The number of halogens is 1. The van der Waals surface area contributed by atoms with Crippen molar-refractivity contribution in [3.63, 3.8) is 0 Å². The Bertz CT molecular complexity index is 1240. The molecule has 3 aromatic rings. The summed E-state index contributed by atoms with van der Waals surface area (Å²) in [5.74, 6) is 0.514. The van der Waals surface area contributed by atoms with Gasteiger partial charge in [0.2, 0.25) is 0 Å². The van der Waals surface area contributed by atoms with E-state index in [1.165, 1.54) is 5.69 Å². The molecule has 7 nitrogen and oxygen atoms in total. The largest absolute Gasteiger partial charge is 0.511 e. The van der Waals surface area contributed by atoms with Crippen LogP contribution in [0.15, 0.2) is 67.0 Å². The maximum atomic E-state index is 13.9. The molecule has 2 aromatic carbocycles. The zero-order chi connectivity index (χ0) is 25.1. The molecule has 1 aromatic heterocycles. The summed E-state index contributed by atoms with van der Waals surface area (Å²) >= 11 is 6.44. The second-order valence-corrected chi connectivity index (χ2v) is 9.76. The van der Waals surface area contributed by atoms with Crippen LogP contribution < -0.4 is 9.64 Å². The molecular weight excluding hydrogens is 478 g/mol. The van der Waals surface area contributed by atoms with Crippen molar-refractivity contribution in [2.45, 2.75) is 31.7 Å². The number of anilines is 1. The van der Waals surface area contributed by atoms with Crippen molar-refractivity contribution in [3.8, 4) is 5.75 Å². The molecule has 1 atom stereocenters. The Labute approximate surface area is 215 Å². The summed E-state index contributed by atoms with van der Waals surface area (Å²) in [6.45, 7) is 2.45. The number of benzene rings is 2. The third-order valence-corrected chi connectivity index (χ3v) is 7.54. The number of fused-ring (bicyclic) bond motifs is 1. The number of ether oxygens (including phenoxy) is 1. The minimum absolute atomic E-state index is 0.0976. The number of carbonyl (C=O) groups excluding carboxylic acids is 1. The van der Waals surface area contributed by atoms with Crippen LogP contribution in [-0.4, -0.2) is 46.7 Å². The lowest BCUT2D eigenvalue weighted by Gasteiger charge is -2.38. The van der Waals surface area contributed by atoms with Crippen LogP contribution in [0.5, 0.6) is 5.75 Å². The minimum atomic E-state index is -1.35. The highest BCUT2D eigenvalue weighted by atomic mass is 35.5. The quantitative estimate of drug-likeness (QED) is 0.335. The molecule has 2 heterocycles. The second kappa shape index (κ2) is 10.6. The van der Waals surface area contributed by atoms with Crippen molar-refractivity contribution in [2.24, 2.45) is 5.92 Å². The summed E-state index contributed by atoms with van der Waals surface area (Å²) in [5, 5.41) is 9.50. The van der Waals surface area contributed by atoms with Gasteiger partial charge in [0.25, 0.3) is 5.91 Å². The summed E-state index contributed by atoms with van der Waals surface area (Å²) < 4.78 is 4.92. The number of hydrogen-bond donors (Lipinski definition) is 1. The van der Waals surface area contributed by atoms with Crippen LogP contribution in [-0.2, 0) is 6.42 Å². The van der Waals surface area contributed by atoms with E-state index in [2.05, 4.69) is 9.88 Å².